The molecule has 1 atom stereocenters. The molecule has 2 aromatic rings. The first-order valence-electron chi connectivity index (χ1n) is 12.5. The number of ether oxygens (including phenoxy) is 1. The average Bonchev–Trinajstić information content (AvgIpc) is 3.18. The van der Waals surface area contributed by atoms with Crippen molar-refractivity contribution in [1.82, 2.24) is 10.6 Å². The largest absolute Gasteiger partial charge is 0.481 e. The van der Waals surface area contributed by atoms with Gasteiger partial charge in [0.1, 0.15) is 12.1 Å². The lowest BCUT2D eigenvalue weighted by Crippen LogP contribution is -2.60. The van der Waals surface area contributed by atoms with Crippen LogP contribution in [-0.4, -0.2) is 41.3 Å². The molecule has 2 amide bonds. The first kappa shape index (κ1) is 26.3. The van der Waals surface area contributed by atoms with Crippen LogP contribution in [0.1, 0.15) is 76.3 Å². The van der Waals surface area contributed by atoms with Crippen molar-refractivity contribution in [1.29, 1.82) is 0 Å². The van der Waals surface area contributed by atoms with Gasteiger partial charge in [0.05, 0.1) is 6.42 Å². The lowest BCUT2D eigenvalue weighted by molar-refractivity contribution is -0.138. The lowest BCUT2D eigenvalue weighted by atomic mass is 9.91. The van der Waals surface area contributed by atoms with Gasteiger partial charge in [-0.1, -0.05) is 82.1 Å². The van der Waals surface area contributed by atoms with Crippen molar-refractivity contribution in [2.75, 3.05) is 6.61 Å². The third-order valence-electron chi connectivity index (χ3n) is 6.99. The Morgan fingerprint density at radius 1 is 0.971 bits per heavy atom. The van der Waals surface area contributed by atoms with Crippen molar-refractivity contribution in [2.24, 2.45) is 0 Å². The van der Waals surface area contributed by atoms with Crippen LogP contribution in [0.4, 0.5) is 4.79 Å². The monoisotopic (exact) mass is 480 g/mol. The zero-order chi connectivity index (χ0) is 25.4. The number of carbonyl (C=O) groups excluding carboxylic acids is 2. The second-order valence-electron chi connectivity index (χ2n) is 9.15. The van der Waals surface area contributed by atoms with E-state index in [-0.39, 0.29) is 24.9 Å². The molecule has 3 rings (SSSR count). The van der Waals surface area contributed by atoms with Gasteiger partial charge in [-0.25, -0.2) is 4.79 Å². The number of carboxylic acids is 1. The maximum atomic E-state index is 13.2. The van der Waals surface area contributed by atoms with E-state index >= 15 is 0 Å². The highest BCUT2D eigenvalue weighted by atomic mass is 16.5. The van der Waals surface area contributed by atoms with E-state index in [1.165, 1.54) is 0 Å². The summed E-state index contributed by atoms with van der Waals surface area (Å²) in [5.74, 6) is -1.42. The number of rotatable bonds is 12. The van der Waals surface area contributed by atoms with Crippen molar-refractivity contribution >= 4 is 18.0 Å². The highest BCUT2D eigenvalue weighted by molar-refractivity contribution is 5.90. The molecule has 3 N–H and O–H groups in total. The third-order valence-corrected chi connectivity index (χ3v) is 6.99. The van der Waals surface area contributed by atoms with Crippen molar-refractivity contribution in [3.63, 3.8) is 0 Å². The second-order valence-corrected chi connectivity index (χ2v) is 9.15. The number of unbranched alkanes of at least 4 members (excludes halogenated alkanes) is 1. The van der Waals surface area contributed by atoms with E-state index < -0.39 is 23.6 Å². The van der Waals surface area contributed by atoms with Gasteiger partial charge in [0, 0.05) is 12.0 Å². The van der Waals surface area contributed by atoms with Crippen LogP contribution in [0.3, 0.4) is 0 Å². The van der Waals surface area contributed by atoms with Crippen molar-refractivity contribution in [2.45, 2.75) is 76.8 Å². The molecule has 0 radical (unpaired) electrons. The Bertz CT molecular complexity index is 1000. The number of aliphatic carboxylic acids is 1. The Labute approximate surface area is 207 Å². The normalized spacial score (nSPS) is 13.5. The summed E-state index contributed by atoms with van der Waals surface area (Å²) in [7, 11) is 0. The van der Waals surface area contributed by atoms with Gasteiger partial charge in [-0.2, -0.15) is 0 Å². The standard InChI is InChI=1S/C28H36N2O5/c1-4-7-12-19(17-25(31)32)29-26(33)28(5-2,6-3)30-27(34)35-18-24-22-15-10-8-13-20(22)21-14-9-11-16-23(21)24/h8-11,13-16,19,24H,4-7,12,17-18H2,1-3H3,(H,29,33)(H,30,34)(H,31,32)/t19-/m0/s1. The Morgan fingerprint density at radius 2 is 1.54 bits per heavy atom. The summed E-state index contributed by atoms with van der Waals surface area (Å²) in [6.45, 7) is 5.82. The van der Waals surface area contributed by atoms with Crippen LogP contribution < -0.4 is 10.6 Å². The first-order valence-corrected chi connectivity index (χ1v) is 12.5. The molecule has 1 aliphatic rings. The summed E-state index contributed by atoms with van der Waals surface area (Å²) in [4.78, 5) is 37.4. The van der Waals surface area contributed by atoms with Gasteiger partial charge in [0.25, 0.3) is 0 Å². The molecule has 0 heterocycles. The Hall–Kier alpha value is -3.35. The number of amides is 2. The van der Waals surface area contributed by atoms with E-state index in [9.17, 15) is 19.5 Å². The minimum atomic E-state index is -1.18. The van der Waals surface area contributed by atoms with Gasteiger partial charge in [0.2, 0.25) is 5.91 Å². The van der Waals surface area contributed by atoms with Gasteiger partial charge >= 0.3 is 12.1 Å². The average molecular weight is 481 g/mol. The molecular formula is C28H36N2O5. The second kappa shape index (κ2) is 11.9. The predicted molar refractivity (Wildman–Crippen MR) is 135 cm³/mol. The summed E-state index contributed by atoms with van der Waals surface area (Å²) in [5, 5.41) is 14.9. The summed E-state index contributed by atoms with van der Waals surface area (Å²) >= 11 is 0. The lowest BCUT2D eigenvalue weighted by Gasteiger charge is -2.33. The van der Waals surface area contributed by atoms with Crippen LogP contribution in [0.2, 0.25) is 0 Å². The Morgan fingerprint density at radius 3 is 2.06 bits per heavy atom. The topological polar surface area (TPSA) is 105 Å². The van der Waals surface area contributed by atoms with Crippen LogP contribution in [0.25, 0.3) is 11.1 Å². The van der Waals surface area contributed by atoms with Crippen LogP contribution in [0, 0.1) is 0 Å². The molecule has 7 heteroatoms. The van der Waals surface area contributed by atoms with Crippen LogP contribution in [-0.2, 0) is 14.3 Å². The number of fused-ring (bicyclic) bond motifs is 3. The number of carbonyl (C=O) groups is 3. The summed E-state index contributed by atoms with van der Waals surface area (Å²) < 4.78 is 5.66. The molecule has 7 nitrogen and oxygen atoms in total. The van der Waals surface area contributed by atoms with Crippen molar-refractivity contribution in [3.8, 4) is 11.1 Å². The third kappa shape index (κ3) is 6.02. The smallest absolute Gasteiger partial charge is 0.408 e. The van der Waals surface area contributed by atoms with Gasteiger partial charge in [-0.3, -0.25) is 9.59 Å². The summed E-state index contributed by atoms with van der Waals surface area (Å²) in [6.07, 6.45) is 2.18. The molecule has 0 saturated carbocycles. The zero-order valence-electron chi connectivity index (χ0n) is 20.8. The van der Waals surface area contributed by atoms with Crippen molar-refractivity contribution in [3.05, 3.63) is 59.7 Å². The molecule has 0 unspecified atom stereocenters. The van der Waals surface area contributed by atoms with E-state index in [1.54, 1.807) is 0 Å². The van der Waals surface area contributed by atoms with Crippen LogP contribution in [0.15, 0.2) is 48.5 Å². The molecule has 2 aromatic carbocycles. The highest BCUT2D eigenvalue weighted by Gasteiger charge is 2.38. The van der Waals surface area contributed by atoms with Gasteiger partial charge in [-0.15, -0.1) is 0 Å². The first-order chi connectivity index (χ1) is 16.8. The Balaban J connectivity index is 1.69. The number of hydrogen-bond donors (Lipinski definition) is 3. The Kier molecular flexibility index (Phi) is 8.90. The highest BCUT2D eigenvalue weighted by Crippen LogP contribution is 2.44. The van der Waals surface area contributed by atoms with E-state index in [1.807, 2.05) is 45.0 Å². The quantitative estimate of drug-likeness (QED) is 0.386. The fraction of sp³-hybridized carbons (Fsp3) is 0.464. The molecule has 0 bridgehead atoms. The maximum Gasteiger partial charge on any atom is 0.408 e. The van der Waals surface area contributed by atoms with E-state index in [4.69, 9.17) is 4.74 Å². The molecule has 188 valence electrons. The number of hydrogen-bond acceptors (Lipinski definition) is 4. The summed E-state index contributed by atoms with van der Waals surface area (Å²) in [5.41, 5.74) is 3.34. The fourth-order valence-corrected chi connectivity index (χ4v) is 4.84. The minimum Gasteiger partial charge on any atom is -0.481 e. The van der Waals surface area contributed by atoms with E-state index in [0.717, 1.165) is 35.1 Å². The predicted octanol–water partition coefficient (Wildman–Crippen LogP) is 5.23. The van der Waals surface area contributed by atoms with Gasteiger partial charge in [0.15, 0.2) is 0 Å². The molecule has 0 aromatic heterocycles. The maximum absolute atomic E-state index is 13.2. The van der Waals surface area contributed by atoms with Crippen LogP contribution in [0.5, 0.6) is 0 Å². The van der Waals surface area contributed by atoms with Gasteiger partial charge in [-0.05, 0) is 41.5 Å². The van der Waals surface area contributed by atoms with E-state index in [0.29, 0.717) is 19.3 Å². The number of carboxylic acid groups (broad SMARTS) is 1. The molecule has 0 spiro atoms. The minimum absolute atomic E-state index is 0.0754. The van der Waals surface area contributed by atoms with Gasteiger partial charge < -0.3 is 20.5 Å². The summed E-state index contributed by atoms with van der Waals surface area (Å²) in [6, 6.07) is 15.7. The van der Waals surface area contributed by atoms with E-state index in [2.05, 4.69) is 34.9 Å². The molecule has 0 aliphatic heterocycles. The zero-order valence-corrected chi connectivity index (χ0v) is 20.8. The number of alkyl carbamates (subject to hydrolysis) is 1. The van der Waals surface area contributed by atoms with Crippen molar-refractivity contribution < 1.29 is 24.2 Å². The SMILES string of the molecule is CCCC[C@@H](CC(=O)O)NC(=O)C(CC)(CC)NC(=O)OCC1c2ccccc2-c2ccccc21. The molecule has 0 fully saturated rings. The fourth-order valence-electron chi connectivity index (χ4n) is 4.84. The number of nitrogens with one attached hydrogen (secondary N) is 2. The molecular weight excluding hydrogens is 444 g/mol. The molecule has 1 aliphatic carbocycles. The molecule has 0 saturated heterocycles. The number of benzene rings is 2. The van der Waals surface area contributed by atoms with Crippen LogP contribution >= 0.6 is 0 Å². The molecule has 35 heavy (non-hydrogen) atoms.